The maximum Gasteiger partial charge on any atom is 0.198 e. The third kappa shape index (κ3) is 3.23. The highest BCUT2D eigenvalue weighted by Crippen LogP contribution is 2.29. The molecule has 0 bridgehead atoms. The van der Waals surface area contributed by atoms with E-state index < -0.39 is 9.84 Å². The molecular weight excluding hydrogens is 396 g/mol. The summed E-state index contributed by atoms with van der Waals surface area (Å²) >= 11 is 0. The summed E-state index contributed by atoms with van der Waals surface area (Å²) in [7, 11) is -3.26. The van der Waals surface area contributed by atoms with E-state index in [1.165, 1.54) is 17.4 Å². The lowest BCUT2D eigenvalue weighted by molar-refractivity contribution is 0.602. The van der Waals surface area contributed by atoms with Crippen LogP contribution in [0.25, 0.3) is 33.9 Å². The van der Waals surface area contributed by atoms with E-state index in [1.807, 2.05) is 16.7 Å². The fraction of sp³-hybridized carbons (Fsp3) is 0.0870. The van der Waals surface area contributed by atoms with Crippen molar-refractivity contribution in [2.75, 3.05) is 6.26 Å². The Labute approximate surface area is 174 Å². The van der Waals surface area contributed by atoms with Crippen molar-refractivity contribution >= 4 is 26.7 Å². The van der Waals surface area contributed by atoms with Gasteiger partial charge in [0.2, 0.25) is 0 Å². The second-order valence-electron chi connectivity index (χ2n) is 7.14. The van der Waals surface area contributed by atoms with Crippen LogP contribution in [0.5, 0.6) is 0 Å². The van der Waals surface area contributed by atoms with E-state index in [0.29, 0.717) is 17.1 Å². The molecule has 0 N–H and O–H groups in total. The number of benzene rings is 2. The molecule has 30 heavy (non-hydrogen) atoms. The monoisotopic (exact) mass is 414 g/mol. The number of imidazole rings is 1. The number of sulfone groups is 1. The fourth-order valence-electron chi connectivity index (χ4n) is 3.59. The Kier molecular flexibility index (Phi) is 4.33. The molecule has 5 rings (SSSR count). The number of fused-ring (bicyclic) bond motifs is 1. The largest absolute Gasteiger partial charge is 0.275 e. The van der Waals surface area contributed by atoms with Crippen molar-refractivity contribution in [3.8, 4) is 17.1 Å². The molecule has 0 unspecified atom stereocenters. The maximum absolute atomic E-state index is 11.8. The second kappa shape index (κ2) is 7.03. The van der Waals surface area contributed by atoms with E-state index in [9.17, 15) is 8.42 Å². The molecule has 6 nitrogen and oxygen atoms in total. The molecule has 0 atom stereocenters. The Morgan fingerprint density at radius 3 is 2.27 bits per heavy atom. The van der Waals surface area contributed by atoms with Gasteiger partial charge in [0.05, 0.1) is 4.90 Å². The van der Waals surface area contributed by atoms with E-state index >= 15 is 0 Å². The third-order valence-electron chi connectivity index (χ3n) is 5.10. The molecule has 4 aromatic rings. The van der Waals surface area contributed by atoms with Crippen molar-refractivity contribution in [1.29, 1.82) is 0 Å². The fourth-order valence-corrected chi connectivity index (χ4v) is 4.22. The van der Waals surface area contributed by atoms with Crippen molar-refractivity contribution in [2.24, 2.45) is 0 Å². The van der Waals surface area contributed by atoms with Crippen LogP contribution in [0.3, 0.4) is 0 Å². The first-order chi connectivity index (χ1) is 14.5. The van der Waals surface area contributed by atoms with Gasteiger partial charge in [-0.05, 0) is 54.0 Å². The van der Waals surface area contributed by atoms with Crippen molar-refractivity contribution in [3.05, 3.63) is 84.7 Å². The molecule has 0 fully saturated rings. The molecule has 2 aromatic carbocycles. The van der Waals surface area contributed by atoms with Gasteiger partial charge in [-0.1, -0.05) is 30.4 Å². The summed E-state index contributed by atoms with van der Waals surface area (Å²) in [6.07, 6.45) is 11.7. The van der Waals surface area contributed by atoms with Gasteiger partial charge >= 0.3 is 0 Å². The highest BCUT2D eigenvalue weighted by Gasteiger charge is 2.17. The molecule has 7 heteroatoms. The van der Waals surface area contributed by atoms with E-state index in [0.717, 1.165) is 17.7 Å². The first-order valence-electron chi connectivity index (χ1n) is 9.47. The molecule has 0 spiro atoms. The number of hydrogen-bond donors (Lipinski definition) is 0. The lowest BCUT2D eigenvalue weighted by atomic mass is 10.0. The SMILES string of the molecule is CS(=O)(=O)c1ccc(-c2nc3nccnc3n2-c2ccc(C3=CC=CC3)cc2)cc1. The number of hydrogen-bond acceptors (Lipinski definition) is 5. The van der Waals surface area contributed by atoms with E-state index in [1.54, 1.807) is 36.7 Å². The van der Waals surface area contributed by atoms with Gasteiger partial charge in [-0.3, -0.25) is 4.57 Å². The van der Waals surface area contributed by atoms with E-state index in [4.69, 9.17) is 0 Å². The van der Waals surface area contributed by atoms with Gasteiger partial charge in [0.1, 0.15) is 5.82 Å². The number of allylic oxidation sites excluding steroid dienone is 4. The average molecular weight is 414 g/mol. The summed E-state index contributed by atoms with van der Waals surface area (Å²) in [4.78, 5) is 13.8. The topological polar surface area (TPSA) is 77.7 Å². The van der Waals surface area contributed by atoms with Gasteiger partial charge in [0.15, 0.2) is 21.1 Å². The zero-order chi connectivity index (χ0) is 20.7. The number of aromatic nitrogens is 4. The quantitative estimate of drug-likeness (QED) is 0.499. The van der Waals surface area contributed by atoms with E-state index in [-0.39, 0.29) is 4.90 Å². The predicted molar refractivity (Wildman–Crippen MR) is 117 cm³/mol. The summed E-state index contributed by atoms with van der Waals surface area (Å²) in [6, 6.07) is 15.0. The average Bonchev–Trinajstić information content (AvgIpc) is 3.41. The molecule has 0 saturated carbocycles. The minimum Gasteiger partial charge on any atom is -0.275 e. The van der Waals surface area contributed by atoms with E-state index in [2.05, 4.69) is 45.3 Å². The Morgan fingerprint density at radius 1 is 0.900 bits per heavy atom. The Bertz CT molecular complexity index is 1410. The molecule has 1 aliphatic carbocycles. The lowest BCUT2D eigenvalue weighted by Gasteiger charge is -2.10. The predicted octanol–water partition coefficient (Wildman–Crippen LogP) is 4.23. The Hall–Kier alpha value is -3.58. The highest BCUT2D eigenvalue weighted by molar-refractivity contribution is 7.90. The lowest BCUT2D eigenvalue weighted by Crippen LogP contribution is -2.00. The maximum atomic E-state index is 11.8. The first kappa shape index (κ1) is 18.4. The number of rotatable bonds is 4. The van der Waals surface area contributed by atoms with Crippen LogP contribution in [0.4, 0.5) is 0 Å². The van der Waals surface area contributed by atoms with Gasteiger partial charge in [-0.2, -0.15) is 0 Å². The van der Waals surface area contributed by atoms with Crippen molar-refractivity contribution in [1.82, 2.24) is 19.5 Å². The molecule has 1 aliphatic rings. The third-order valence-corrected chi connectivity index (χ3v) is 6.23. The Balaban J connectivity index is 1.64. The molecule has 0 amide bonds. The molecular formula is C23H18N4O2S. The second-order valence-corrected chi connectivity index (χ2v) is 9.16. The molecule has 2 aromatic heterocycles. The minimum absolute atomic E-state index is 0.271. The molecule has 2 heterocycles. The van der Waals surface area contributed by atoms with Crippen LogP contribution in [-0.2, 0) is 9.84 Å². The minimum atomic E-state index is -3.26. The summed E-state index contributed by atoms with van der Waals surface area (Å²) in [5.74, 6) is 0.658. The molecule has 0 radical (unpaired) electrons. The van der Waals surface area contributed by atoms with Gasteiger partial charge < -0.3 is 0 Å². The highest BCUT2D eigenvalue weighted by atomic mass is 32.2. The van der Waals surface area contributed by atoms with Crippen LogP contribution >= 0.6 is 0 Å². The summed E-state index contributed by atoms with van der Waals surface area (Å²) in [5.41, 5.74) is 5.34. The van der Waals surface area contributed by atoms with Crippen LogP contribution in [0, 0.1) is 0 Å². The normalized spacial score (nSPS) is 13.7. The first-order valence-corrected chi connectivity index (χ1v) is 11.4. The summed E-state index contributed by atoms with van der Waals surface area (Å²) in [6.45, 7) is 0. The van der Waals surface area contributed by atoms with Gasteiger partial charge in [0.25, 0.3) is 0 Å². The standard InChI is InChI=1S/C23H18N4O2S/c1-30(28,29)20-12-8-18(9-13-20)22-26-21-23(25-15-14-24-21)27(22)19-10-6-17(7-11-19)16-4-2-3-5-16/h2-4,6-15H,5H2,1H3. The smallest absolute Gasteiger partial charge is 0.198 e. The van der Waals surface area contributed by atoms with Crippen LogP contribution in [-0.4, -0.2) is 34.2 Å². The van der Waals surface area contributed by atoms with Gasteiger partial charge in [-0.15, -0.1) is 0 Å². The summed E-state index contributed by atoms with van der Waals surface area (Å²) < 4.78 is 25.5. The number of nitrogens with zero attached hydrogens (tertiary/aromatic N) is 4. The van der Waals surface area contributed by atoms with Gasteiger partial charge in [0, 0.05) is 29.9 Å². The zero-order valence-corrected chi connectivity index (χ0v) is 17.0. The molecule has 0 aliphatic heterocycles. The van der Waals surface area contributed by atoms with Crippen LogP contribution < -0.4 is 0 Å². The van der Waals surface area contributed by atoms with Crippen molar-refractivity contribution < 1.29 is 8.42 Å². The van der Waals surface area contributed by atoms with Crippen molar-refractivity contribution in [3.63, 3.8) is 0 Å². The van der Waals surface area contributed by atoms with Crippen LogP contribution in [0.15, 0.2) is 84.0 Å². The van der Waals surface area contributed by atoms with Crippen LogP contribution in [0.2, 0.25) is 0 Å². The zero-order valence-electron chi connectivity index (χ0n) is 16.2. The van der Waals surface area contributed by atoms with Crippen molar-refractivity contribution in [2.45, 2.75) is 11.3 Å². The van der Waals surface area contributed by atoms with Gasteiger partial charge in [-0.25, -0.2) is 23.4 Å². The Morgan fingerprint density at radius 2 is 1.60 bits per heavy atom. The van der Waals surface area contributed by atoms with Crippen LogP contribution in [0.1, 0.15) is 12.0 Å². The summed E-state index contributed by atoms with van der Waals surface area (Å²) in [5, 5.41) is 0. The molecule has 148 valence electrons. The molecule has 0 saturated heterocycles.